The van der Waals surface area contributed by atoms with E-state index in [1.165, 1.54) is 7.11 Å². The van der Waals surface area contributed by atoms with Gasteiger partial charge in [-0.3, -0.25) is 4.79 Å². The molecule has 1 aliphatic rings. The highest BCUT2D eigenvalue weighted by Gasteiger charge is 2.22. The first-order valence-corrected chi connectivity index (χ1v) is 7.90. The molecule has 2 rings (SSSR count). The lowest BCUT2D eigenvalue weighted by Gasteiger charge is -2.32. The molecule has 0 saturated heterocycles. The predicted octanol–water partition coefficient (Wildman–Crippen LogP) is 2.83. The van der Waals surface area contributed by atoms with Gasteiger partial charge in [-0.25, -0.2) is 4.99 Å². The molecule has 1 aromatic rings. The van der Waals surface area contributed by atoms with Crippen molar-refractivity contribution >= 4 is 23.6 Å². The Labute approximate surface area is 137 Å². The predicted molar refractivity (Wildman–Crippen MR) is 93.3 cm³/mol. The summed E-state index contributed by atoms with van der Waals surface area (Å²) in [5.74, 6) is 1.01. The molecule has 0 spiro atoms. The van der Waals surface area contributed by atoms with E-state index in [0.29, 0.717) is 31.0 Å². The van der Waals surface area contributed by atoms with Crippen molar-refractivity contribution in [3.63, 3.8) is 0 Å². The number of nitrogens with two attached hydrogens (primary N) is 1. The largest absolute Gasteiger partial charge is 0.469 e. The minimum Gasteiger partial charge on any atom is -0.469 e. The lowest BCUT2D eigenvalue weighted by Crippen LogP contribution is -2.35. The first-order valence-electron chi connectivity index (χ1n) is 7.90. The Morgan fingerprint density at radius 2 is 2.22 bits per heavy atom. The molecule has 1 heterocycles. The van der Waals surface area contributed by atoms with E-state index >= 15 is 0 Å². The Bertz CT molecular complexity index is 610. The average molecular weight is 316 g/mol. The van der Waals surface area contributed by atoms with Gasteiger partial charge in [0.25, 0.3) is 0 Å². The Kier molecular flexibility index (Phi) is 6.02. The number of rotatable bonds is 7. The Balaban J connectivity index is 2.19. The van der Waals surface area contributed by atoms with Crippen LogP contribution in [0.1, 0.15) is 32.6 Å². The second-order valence-electron chi connectivity index (χ2n) is 5.31. The highest BCUT2D eigenvalue weighted by atomic mass is 16.5. The maximum absolute atomic E-state index is 11.3. The summed E-state index contributed by atoms with van der Waals surface area (Å²) in [7, 11) is 1.40. The first kappa shape index (κ1) is 16.9. The fraction of sp³-hybridized carbons (Fsp3) is 0.412. The number of ether oxygens (including phenoxy) is 1. The molecule has 0 amide bonds. The van der Waals surface area contributed by atoms with Gasteiger partial charge < -0.3 is 20.7 Å². The molecular formula is C17H24N4O2. The van der Waals surface area contributed by atoms with Crippen molar-refractivity contribution < 1.29 is 9.53 Å². The Morgan fingerprint density at radius 1 is 1.43 bits per heavy atom. The third kappa shape index (κ3) is 4.25. The van der Waals surface area contributed by atoms with Crippen molar-refractivity contribution in [1.29, 1.82) is 0 Å². The molecule has 23 heavy (non-hydrogen) atoms. The van der Waals surface area contributed by atoms with E-state index in [2.05, 4.69) is 22.0 Å². The van der Waals surface area contributed by atoms with Gasteiger partial charge in [-0.15, -0.1) is 0 Å². The number of methoxy groups -OCH3 is 1. The standard InChI is InChI=1S/C17H24N4O2/c1-3-4-11-19-17-16(18)21(12-7-10-15(22)23-2)14-9-6-5-8-13(14)20-17/h5-6,8-9,11,20H,3-4,7,10,12,18H2,1-2H3. The molecule has 0 radical (unpaired) electrons. The quantitative estimate of drug-likeness (QED) is 0.597. The summed E-state index contributed by atoms with van der Waals surface area (Å²) in [5, 5.41) is 3.27. The second kappa shape index (κ2) is 8.22. The number of esters is 1. The zero-order valence-electron chi connectivity index (χ0n) is 13.7. The molecule has 1 aromatic carbocycles. The van der Waals surface area contributed by atoms with E-state index < -0.39 is 0 Å². The zero-order valence-corrected chi connectivity index (χ0v) is 13.7. The number of aliphatic imine (C=N–C) groups is 1. The number of anilines is 2. The zero-order chi connectivity index (χ0) is 16.7. The number of unbranched alkanes of at least 4 members (excludes halogenated alkanes) is 1. The van der Waals surface area contributed by atoms with Gasteiger partial charge >= 0.3 is 5.97 Å². The van der Waals surface area contributed by atoms with Gasteiger partial charge in [-0.2, -0.15) is 0 Å². The number of nitrogens with zero attached hydrogens (tertiary/aromatic N) is 2. The molecular weight excluding hydrogens is 292 g/mol. The minimum absolute atomic E-state index is 0.211. The van der Waals surface area contributed by atoms with Gasteiger partial charge in [0.2, 0.25) is 0 Å². The molecule has 3 N–H and O–H groups in total. The van der Waals surface area contributed by atoms with Crippen LogP contribution in [0.5, 0.6) is 0 Å². The molecule has 124 valence electrons. The van der Waals surface area contributed by atoms with Crippen LogP contribution in [0.15, 0.2) is 40.9 Å². The van der Waals surface area contributed by atoms with Crippen molar-refractivity contribution in [3.05, 3.63) is 35.9 Å². The Hall–Kier alpha value is -2.50. The number of carbonyl (C=O) groups excluding carboxylic acids is 1. The lowest BCUT2D eigenvalue weighted by molar-refractivity contribution is -0.140. The minimum atomic E-state index is -0.211. The fourth-order valence-electron chi connectivity index (χ4n) is 2.37. The normalized spacial score (nSPS) is 13.9. The summed E-state index contributed by atoms with van der Waals surface area (Å²) in [5.41, 5.74) is 8.23. The van der Waals surface area contributed by atoms with E-state index in [1.807, 2.05) is 35.4 Å². The van der Waals surface area contributed by atoms with Crippen molar-refractivity contribution in [2.45, 2.75) is 32.6 Å². The van der Waals surface area contributed by atoms with Gasteiger partial charge in [0.15, 0.2) is 5.82 Å². The van der Waals surface area contributed by atoms with Crippen LogP contribution in [-0.2, 0) is 9.53 Å². The van der Waals surface area contributed by atoms with Crippen molar-refractivity contribution in [3.8, 4) is 0 Å². The maximum Gasteiger partial charge on any atom is 0.305 e. The summed E-state index contributed by atoms with van der Waals surface area (Å²) < 4.78 is 4.69. The number of benzene rings is 1. The van der Waals surface area contributed by atoms with E-state index in [0.717, 1.165) is 24.2 Å². The first-order chi connectivity index (χ1) is 11.2. The summed E-state index contributed by atoms with van der Waals surface area (Å²) in [6, 6.07) is 7.92. The molecule has 6 heteroatoms. The number of carbonyl (C=O) groups is 1. The monoisotopic (exact) mass is 316 g/mol. The van der Waals surface area contributed by atoms with E-state index in [4.69, 9.17) is 5.73 Å². The number of nitrogens with one attached hydrogen (secondary N) is 1. The third-order valence-corrected chi connectivity index (χ3v) is 3.61. The van der Waals surface area contributed by atoms with Gasteiger partial charge in [0, 0.05) is 19.2 Å². The van der Waals surface area contributed by atoms with E-state index in [9.17, 15) is 4.79 Å². The summed E-state index contributed by atoms with van der Waals surface area (Å²) >= 11 is 0. The van der Waals surface area contributed by atoms with Crippen LogP contribution in [-0.4, -0.2) is 25.8 Å². The lowest BCUT2D eigenvalue weighted by atomic mass is 10.2. The van der Waals surface area contributed by atoms with E-state index in [1.54, 1.807) is 0 Å². The van der Waals surface area contributed by atoms with Crippen LogP contribution in [0.4, 0.5) is 11.4 Å². The molecule has 0 fully saturated rings. The fourth-order valence-corrected chi connectivity index (χ4v) is 2.37. The summed E-state index contributed by atoms with van der Waals surface area (Å²) in [4.78, 5) is 17.7. The molecule has 0 aliphatic carbocycles. The summed E-state index contributed by atoms with van der Waals surface area (Å²) in [6.45, 7) is 2.74. The van der Waals surface area contributed by atoms with Crippen molar-refractivity contribution in [2.75, 3.05) is 23.9 Å². The van der Waals surface area contributed by atoms with Gasteiger partial charge in [0.05, 0.1) is 18.5 Å². The number of hydrogen-bond donors (Lipinski definition) is 2. The van der Waals surface area contributed by atoms with Crippen LogP contribution >= 0.6 is 0 Å². The van der Waals surface area contributed by atoms with Crippen LogP contribution < -0.4 is 16.0 Å². The SMILES string of the molecule is CCCC=NC1=C(N)N(CCCC(=O)OC)c2ccccc2N1. The second-order valence-corrected chi connectivity index (χ2v) is 5.31. The third-order valence-electron chi connectivity index (χ3n) is 3.61. The summed E-state index contributed by atoms with van der Waals surface area (Å²) in [6.07, 6.45) is 4.84. The van der Waals surface area contributed by atoms with Gasteiger partial charge in [-0.1, -0.05) is 25.5 Å². The van der Waals surface area contributed by atoms with Crippen LogP contribution in [0, 0.1) is 0 Å². The topological polar surface area (TPSA) is 80.0 Å². The number of hydrogen-bond acceptors (Lipinski definition) is 6. The van der Waals surface area contributed by atoms with Crippen LogP contribution in [0.25, 0.3) is 0 Å². The van der Waals surface area contributed by atoms with Gasteiger partial charge in [-0.05, 0) is 25.0 Å². The van der Waals surface area contributed by atoms with Crippen molar-refractivity contribution in [2.24, 2.45) is 10.7 Å². The Morgan fingerprint density at radius 3 is 2.96 bits per heavy atom. The highest BCUT2D eigenvalue weighted by Crippen LogP contribution is 2.33. The van der Waals surface area contributed by atoms with E-state index in [-0.39, 0.29) is 5.97 Å². The molecule has 0 unspecified atom stereocenters. The molecule has 0 bridgehead atoms. The van der Waals surface area contributed by atoms with Crippen LogP contribution in [0.3, 0.4) is 0 Å². The number of fused-ring (bicyclic) bond motifs is 1. The highest BCUT2D eigenvalue weighted by molar-refractivity contribution is 5.78. The molecule has 0 saturated carbocycles. The number of para-hydroxylation sites is 2. The smallest absolute Gasteiger partial charge is 0.305 e. The maximum atomic E-state index is 11.3. The van der Waals surface area contributed by atoms with Crippen molar-refractivity contribution in [1.82, 2.24) is 0 Å². The molecule has 1 aliphatic heterocycles. The molecule has 0 aromatic heterocycles. The average Bonchev–Trinajstić information content (AvgIpc) is 2.57. The van der Waals surface area contributed by atoms with Crippen LogP contribution in [0.2, 0.25) is 0 Å². The van der Waals surface area contributed by atoms with Gasteiger partial charge in [0.1, 0.15) is 5.82 Å². The molecule has 6 nitrogen and oxygen atoms in total. The molecule has 0 atom stereocenters.